The molecule has 0 N–H and O–H groups in total. The van der Waals surface area contributed by atoms with Crippen LogP contribution in [-0.2, 0) is 20.4 Å². The van der Waals surface area contributed by atoms with Gasteiger partial charge in [0.05, 0.1) is 25.4 Å². The Balaban J connectivity index is 2.48. The molecule has 0 radical (unpaired) electrons. The third kappa shape index (κ3) is 4.46. The van der Waals surface area contributed by atoms with Gasteiger partial charge in [-0.2, -0.15) is 18.2 Å². The van der Waals surface area contributed by atoms with Gasteiger partial charge in [0.1, 0.15) is 0 Å². The number of hydrogen-bond donors (Lipinski definition) is 0. The smallest absolute Gasteiger partial charge is 0.432 e. The average Bonchev–Trinajstić information content (AvgIpc) is 3.01. The maximum Gasteiger partial charge on any atom is 0.432 e. The Morgan fingerprint density at radius 1 is 1.00 bits per heavy atom. The molecule has 0 saturated carbocycles. The predicted molar refractivity (Wildman–Crippen MR) is 91.0 cm³/mol. The molecule has 2 rings (SSSR count). The number of hydrogen-bond acceptors (Lipinski definition) is 6. The number of nitrogens with zero attached hydrogens (tertiary/aromatic N) is 3. The molecular formula is C17H20F3N3O5. The summed E-state index contributed by atoms with van der Waals surface area (Å²) in [5.41, 5.74) is -0.682. The minimum absolute atomic E-state index is 0.0356. The van der Waals surface area contributed by atoms with Crippen LogP contribution in [-0.4, -0.2) is 47.9 Å². The number of ether oxygens (including phenoxy) is 3. The van der Waals surface area contributed by atoms with E-state index in [2.05, 4.69) is 5.10 Å². The summed E-state index contributed by atoms with van der Waals surface area (Å²) < 4.78 is 53.8. The van der Waals surface area contributed by atoms with E-state index in [0.717, 1.165) is 34.2 Å². The summed E-state index contributed by atoms with van der Waals surface area (Å²) in [6.45, 7) is 5.01. The van der Waals surface area contributed by atoms with Gasteiger partial charge in [0.2, 0.25) is 0 Å². The van der Waals surface area contributed by atoms with Gasteiger partial charge >= 0.3 is 24.4 Å². The third-order valence-electron chi connectivity index (χ3n) is 3.60. The summed E-state index contributed by atoms with van der Waals surface area (Å²) in [6.07, 6.45) is -7.51. The second-order valence-corrected chi connectivity index (χ2v) is 5.42. The lowest BCUT2D eigenvalue weighted by molar-refractivity contribution is -0.137. The van der Waals surface area contributed by atoms with E-state index >= 15 is 0 Å². The fourth-order valence-electron chi connectivity index (χ4n) is 2.47. The molecular weight excluding hydrogens is 383 g/mol. The third-order valence-corrected chi connectivity index (χ3v) is 3.60. The van der Waals surface area contributed by atoms with Crippen molar-refractivity contribution in [1.29, 1.82) is 0 Å². The first-order valence-electron chi connectivity index (χ1n) is 8.55. The topological polar surface area (TPSA) is 80.7 Å². The van der Waals surface area contributed by atoms with Gasteiger partial charge in [-0.3, -0.25) is 0 Å². The lowest BCUT2D eigenvalue weighted by Crippen LogP contribution is -2.42. The first kappa shape index (κ1) is 21.3. The van der Waals surface area contributed by atoms with Gasteiger partial charge in [-0.1, -0.05) is 12.1 Å². The molecule has 1 aliphatic heterocycles. The van der Waals surface area contributed by atoms with Crippen molar-refractivity contribution >= 4 is 18.2 Å². The Hall–Kier alpha value is -2.98. The van der Waals surface area contributed by atoms with Crippen molar-refractivity contribution in [2.24, 2.45) is 5.10 Å². The molecule has 8 nitrogen and oxygen atoms in total. The Labute approximate surface area is 159 Å². The van der Waals surface area contributed by atoms with E-state index in [0.29, 0.717) is 0 Å². The summed E-state index contributed by atoms with van der Waals surface area (Å²) in [6, 6.07) is 3.77. The monoisotopic (exact) mass is 403 g/mol. The number of hydrazone groups is 1. The van der Waals surface area contributed by atoms with E-state index in [-0.39, 0.29) is 31.4 Å². The number of halogens is 3. The van der Waals surface area contributed by atoms with Crippen LogP contribution in [0.3, 0.4) is 0 Å². The maximum absolute atomic E-state index is 12.9. The minimum atomic E-state index is -4.52. The molecule has 0 bridgehead atoms. The van der Waals surface area contributed by atoms with Crippen molar-refractivity contribution in [2.75, 3.05) is 19.8 Å². The summed E-state index contributed by atoms with van der Waals surface area (Å²) in [5, 5.41) is 4.79. The average molecular weight is 403 g/mol. The van der Waals surface area contributed by atoms with Crippen LogP contribution in [0.4, 0.5) is 22.8 Å². The molecule has 28 heavy (non-hydrogen) atoms. The van der Waals surface area contributed by atoms with E-state index in [4.69, 9.17) is 14.2 Å². The molecule has 154 valence electrons. The zero-order valence-electron chi connectivity index (χ0n) is 15.5. The molecule has 1 heterocycles. The summed E-state index contributed by atoms with van der Waals surface area (Å²) in [4.78, 5) is 25.7. The lowest BCUT2D eigenvalue weighted by atomic mass is 10.1. The van der Waals surface area contributed by atoms with Gasteiger partial charge in [-0.15, -0.1) is 5.10 Å². The number of benzene rings is 1. The highest BCUT2D eigenvalue weighted by molar-refractivity contribution is 5.94. The van der Waals surface area contributed by atoms with Gasteiger partial charge in [-0.05, 0) is 38.5 Å². The SMILES string of the molecule is CCOC(=O)N1N=C(OCC)N(C(=O)OCC)C1c1ccc(C(F)(F)F)cc1. The number of alkyl halides is 3. The van der Waals surface area contributed by atoms with Crippen LogP contribution in [0.15, 0.2) is 29.4 Å². The molecule has 0 aliphatic carbocycles. The zero-order chi connectivity index (χ0) is 20.9. The summed E-state index contributed by atoms with van der Waals surface area (Å²) >= 11 is 0. The molecule has 0 fully saturated rings. The standard InChI is InChI=1S/C17H20F3N3O5/c1-4-26-14-21-23(16(25)28-6-3)13(22(14)15(24)27-5-2)11-7-9-12(10-8-11)17(18,19)20/h7-10,13H,4-6H2,1-3H3. The van der Waals surface area contributed by atoms with Crippen LogP contribution in [0.1, 0.15) is 38.1 Å². The van der Waals surface area contributed by atoms with Crippen LogP contribution >= 0.6 is 0 Å². The fourth-order valence-corrected chi connectivity index (χ4v) is 2.47. The van der Waals surface area contributed by atoms with Crippen molar-refractivity contribution in [1.82, 2.24) is 9.91 Å². The summed E-state index contributed by atoms with van der Waals surface area (Å²) in [5.74, 6) is 0. The van der Waals surface area contributed by atoms with Crippen LogP contribution in [0.2, 0.25) is 0 Å². The number of amides is 2. The van der Waals surface area contributed by atoms with Gasteiger partial charge in [0.25, 0.3) is 0 Å². The summed E-state index contributed by atoms with van der Waals surface area (Å²) in [7, 11) is 0. The van der Waals surface area contributed by atoms with E-state index in [9.17, 15) is 22.8 Å². The zero-order valence-corrected chi connectivity index (χ0v) is 15.5. The van der Waals surface area contributed by atoms with E-state index in [1.807, 2.05) is 0 Å². The lowest BCUT2D eigenvalue weighted by Gasteiger charge is -2.27. The van der Waals surface area contributed by atoms with Gasteiger partial charge in [-0.25, -0.2) is 14.5 Å². The van der Waals surface area contributed by atoms with Gasteiger partial charge in [0.15, 0.2) is 6.17 Å². The molecule has 1 aliphatic rings. The Morgan fingerprint density at radius 3 is 2.07 bits per heavy atom. The molecule has 1 unspecified atom stereocenters. The van der Waals surface area contributed by atoms with Crippen molar-refractivity contribution in [3.63, 3.8) is 0 Å². The largest absolute Gasteiger partial charge is 0.464 e. The molecule has 0 spiro atoms. The highest BCUT2D eigenvalue weighted by atomic mass is 19.4. The second-order valence-electron chi connectivity index (χ2n) is 5.42. The molecule has 11 heteroatoms. The molecule has 2 amide bonds. The van der Waals surface area contributed by atoms with Crippen molar-refractivity contribution in [2.45, 2.75) is 33.1 Å². The molecule has 1 aromatic carbocycles. The Kier molecular flexibility index (Phi) is 6.71. The highest BCUT2D eigenvalue weighted by Crippen LogP contribution is 2.35. The quantitative estimate of drug-likeness (QED) is 0.761. The van der Waals surface area contributed by atoms with Gasteiger partial charge < -0.3 is 14.2 Å². The molecule has 0 aromatic heterocycles. The van der Waals surface area contributed by atoms with E-state index < -0.39 is 30.1 Å². The highest BCUT2D eigenvalue weighted by Gasteiger charge is 2.45. The van der Waals surface area contributed by atoms with Crippen LogP contribution in [0.5, 0.6) is 0 Å². The van der Waals surface area contributed by atoms with Crippen LogP contribution in [0.25, 0.3) is 0 Å². The molecule has 1 atom stereocenters. The fraction of sp³-hybridized carbons (Fsp3) is 0.471. The number of carbonyl (C=O) groups is 2. The second kappa shape index (κ2) is 8.81. The van der Waals surface area contributed by atoms with Crippen molar-refractivity contribution in [3.8, 4) is 0 Å². The number of carbonyl (C=O) groups excluding carboxylic acids is 2. The Morgan fingerprint density at radius 2 is 1.57 bits per heavy atom. The van der Waals surface area contributed by atoms with Crippen molar-refractivity contribution in [3.05, 3.63) is 35.4 Å². The number of amidine groups is 1. The maximum atomic E-state index is 12.9. The first-order valence-corrected chi connectivity index (χ1v) is 8.55. The first-order chi connectivity index (χ1) is 13.2. The Bertz CT molecular complexity index is 737. The normalized spacial score (nSPS) is 16.6. The van der Waals surface area contributed by atoms with E-state index in [1.165, 1.54) is 0 Å². The van der Waals surface area contributed by atoms with Crippen LogP contribution in [0, 0.1) is 0 Å². The van der Waals surface area contributed by atoms with Gasteiger partial charge in [0, 0.05) is 0 Å². The predicted octanol–water partition coefficient (Wildman–Crippen LogP) is 3.94. The molecule has 1 aromatic rings. The number of rotatable bonds is 4. The van der Waals surface area contributed by atoms with Crippen molar-refractivity contribution < 1.29 is 37.0 Å². The van der Waals surface area contributed by atoms with E-state index in [1.54, 1.807) is 20.8 Å². The minimum Gasteiger partial charge on any atom is -0.464 e. The molecule has 0 saturated heterocycles. The van der Waals surface area contributed by atoms with Crippen LogP contribution < -0.4 is 0 Å².